The van der Waals surface area contributed by atoms with Crippen LogP contribution in [0.25, 0.3) is 0 Å². The smallest absolute Gasteiger partial charge is 0.327 e. The van der Waals surface area contributed by atoms with Crippen LogP contribution in [0.2, 0.25) is 0 Å². The molecule has 1 rings (SSSR count). The van der Waals surface area contributed by atoms with Crippen LogP contribution in [-0.4, -0.2) is 37.2 Å². The number of nitrogens with one attached hydrogen (secondary N) is 1. The minimum atomic E-state index is -4.00. The van der Waals surface area contributed by atoms with E-state index < -0.39 is 33.8 Å². The number of aliphatic carboxylic acids is 1. The van der Waals surface area contributed by atoms with Gasteiger partial charge in [0.05, 0.1) is 4.90 Å². The highest BCUT2D eigenvalue weighted by atomic mass is 32.2. The van der Waals surface area contributed by atoms with Crippen LogP contribution in [0.5, 0.6) is 0 Å². The standard InChI is InChI=1S/C11H13FN2O5S2/c1-6(15)14-9(11(16)17)5-20-10-3-2-7(4-8(10)12)21(13,18)19/h2-4,9H,5H2,1H3,(H,14,15)(H,16,17)(H2,13,18,19). The fourth-order valence-corrected chi connectivity index (χ4v) is 2.83. The average molecular weight is 336 g/mol. The molecule has 0 aliphatic heterocycles. The molecule has 0 saturated heterocycles. The SMILES string of the molecule is CC(=O)NC(CSc1ccc(S(N)(=O)=O)cc1F)C(=O)O. The zero-order valence-electron chi connectivity index (χ0n) is 10.9. The topological polar surface area (TPSA) is 127 Å². The molecule has 0 bridgehead atoms. The van der Waals surface area contributed by atoms with Gasteiger partial charge in [-0.2, -0.15) is 0 Å². The van der Waals surface area contributed by atoms with Crippen molar-refractivity contribution >= 4 is 33.7 Å². The van der Waals surface area contributed by atoms with E-state index in [0.29, 0.717) is 0 Å². The van der Waals surface area contributed by atoms with E-state index in [4.69, 9.17) is 10.2 Å². The molecule has 0 heterocycles. The van der Waals surface area contributed by atoms with E-state index in [1.807, 2.05) is 0 Å². The monoisotopic (exact) mass is 336 g/mol. The van der Waals surface area contributed by atoms with Gasteiger partial charge in [-0.05, 0) is 18.2 Å². The molecule has 1 unspecified atom stereocenters. The third-order valence-electron chi connectivity index (χ3n) is 2.31. The normalized spacial score (nSPS) is 12.7. The molecule has 1 aromatic carbocycles. The van der Waals surface area contributed by atoms with Gasteiger partial charge in [0, 0.05) is 17.6 Å². The Morgan fingerprint density at radius 3 is 2.52 bits per heavy atom. The van der Waals surface area contributed by atoms with Gasteiger partial charge in [-0.25, -0.2) is 22.7 Å². The Morgan fingerprint density at radius 2 is 2.10 bits per heavy atom. The van der Waals surface area contributed by atoms with E-state index in [1.165, 1.54) is 13.0 Å². The summed E-state index contributed by atoms with van der Waals surface area (Å²) in [6.07, 6.45) is 0. The lowest BCUT2D eigenvalue weighted by Gasteiger charge is -2.13. The minimum absolute atomic E-state index is 0.0546. The van der Waals surface area contributed by atoms with Crippen LogP contribution in [0.3, 0.4) is 0 Å². The summed E-state index contributed by atoms with van der Waals surface area (Å²) in [6, 6.07) is 1.89. The molecule has 1 amide bonds. The molecule has 10 heteroatoms. The second-order valence-corrected chi connectivity index (χ2v) is 6.66. The van der Waals surface area contributed by atoms with Crippen LogP contribution in [0.1, 0.15) is 6.92 Å². The first kappa shape index (κ1) is 17.4. The zero-order valence-corrected chi connectivity index (χ0v) is 12.5. The van der Waals surface area contributed by atoms with Crippen LogP contribution in [-0.2, 0) is 19.6 Å². The molecule has 0 aliphatic rings. The fraction of sp³-hybridized carbons (Fsp3) is 0.273. The van der Waals surface area contributed by atoms with Crippen molar-refractivity contribution in [3.63, 3.8) is 0 Å². The number of sulfonamides is 1. The van der Waals surface area contributed by atoms with Crippen LogP contribution in [0.4, 0.5) is 4.39 Å². The molecule has 1 aromatic rings. The number of benzene rings is 1. The number of carboxylic acid groups (broad SMARTS) is 1. The maximum Gasteiger partial charge on any atom is 0.327 e. The van der Waals surface area contributed by atoms with E-state index in [0.717, 1.165) is 23.9 Å². The number of hydrogen-bond donors (Lipinski definition) is 3. The number of amides is 1. The second kappa shape index (κ2) is 6.87. The number of carbonyl (C=O) groups excluding carboxylic acids is 1. The molecule has 7 nitrogen and oxygen atoms in total. The van der Waals surface area contributed by atoms with Gasteiger partial charge < -0.3 is 10.4 Å². The predicted octanol–water partition coefficient (Wildman–Crippen LogP) is 0.154. The summed E-state index contributed by atoms with van der Waals surface area (Å²) in [5, 5.41) is 16.0. The van der Waals surface area contributed by atoms with Crippen molar-refractivity contribution in [2.75, 3.05) is 5.75 Å². The van der Waals surface area contributed by atoms with E-state index in [1.54, 1.807) is 0 Å². The lowest BCUT2D eigenvalue weighted by molar-refractivity contribution is -0.140. The molecule has 1 atom stereocenters. The van der Waals surface area contributed by atoms with Crippen molar-refractivity contribution in [2.24, 2.45) is 5.14 Å². The van der Waals surface area contributed by atoms with Gasteiger partial charge in [0.1, 0.15) is 11.9 Å². The first-order valence-electron chi connectivity index (χ1n) is 5.56. The van der Waals surface area contributed by atoms with Crippen molar-refractivity contribution in [1.82, 2.24) is 5.32 Å². The Balaban J connectivity index is 2.84. The van der Waals surface area contributed by atoms with Gasteiger partial charge in [-0.1, -0.05) is 0 Å². The van der Waals surface area contributed by atoms with Gasteiger partial charge in [0.15, 0.2) is 0 Å². The Hall–Kier alpha value is -1.65. The van der Waals surface area contributed by atoms with Gasteiger partial charge in [-0.15, -0.1) is 11.8 Å². The Morgan fingerprint density at radius 1 is 1.48 bits per heavy atom. The lowest BCUT2D eigenvalue weighted by Crippen LogP contribution is -2.41. The zero-order chi connectivity index (χ0) is 16.2. The summed E-state index contributed by atoms with van der Waals surface area (Å²) in [4.78, 5) is 21.4. The van der Waals surface area contributed by atoms with Crippen LogP contribution in [0.15, 0.2) is 28.0 Å². The van der Waals surface area contributed by atoms with Gasteiger partial charge in [0.2, 0.25) is 15.9 Å². The maximum atomic E-state index is 13.7. The summed E-state index contributed by atoms with van der Waals surface area (Å²) in [7, 11) is -4.00. The molecular weight excluding hydrogens is 323 g/mol. The summed E-state index contributed by atoms with van der Waals surface area (Å²) < 4.78 is 35.8. The molecule has 116 valence electrons. The predicted molar refractivity (Wildman–Crippen MR) is 73.7 cm³/mol. The molecule has 0 fully saturated rings. The summed E-state index contributed by atoms with van der Waals surface area (Å²) >= 11 is 0.839. The molecular formula is C11H13FN2O5S2. The van der Waals surface area contributed by atoms with E-state index in [9.17, 15) is 22.4 Å². The third-order valence-corrected chi connectivity index (χ3v) is 4.37. The largest absolute Gasteiger partial charge is 0.480 e. The Kier molecular flexibility index (Phi) is 5.70. The van der Waals surface area contributed by atoms with Gasteiger partial charge in [-0.3, -0.25) is 4.79 Å². The number of halogens is 1. The van der Waals surface area contributed by atoms with Crippen LogP contribution >= 0.6 is 11.8 Å². The number of carbonyl (C=O) groups is 2. The molecule has 0 aliphatic carbocycles. The molecule has 0 radical (unpaired) electrons. The van der Waals surface area contributed by atoms with Crippen LogP contribution < -0.4 is 10.5 Å². The number of nitrogens with two attached hydrogens (primary N) is 1. The summed E-state index contributed by atoms with van der Waals surface area (Å²) in [6.45, 7) is 1.17. The number of carboxylic acids is 1. The van der Waals surface area contributed by atoms with Crippen molar-refractivity contribution < 1.29 is 27.5 Å². The van der Waals surface area contributed by atoms with E-state index in [2.05, 4.69) is 5.32 Å². The Bertz CT molecular complexity index is 663. The van der Waals surface area contributed by atoms with Crippen LogP contribution in [0, 0.1) is 5.82 Å². The quantitative estimate of drug-likeness (QED) is 0.635. The van der Waals surface area contributed by atoms with Crippen molar-refractivity contribution in [1.29, 1.82) is 0 Å². The highest BCUT2D eigenvalue weighted by Gasteiger charge is 2.20. The first-order chi connectivity index (χ1) is 9.61. The van der Waals surface area contributed by atoms with Gasteiger partial charge in [0.25, 0.3) is 0 Å². The maximum absolute atomic E-state index is 13.7. The molecule has 4 N–H and O–H groups in total. The van der Waals surface area contributed by atoms with Crippen molar-refractivity contribution in [2.45, 2.75) is 22.8 Å². The summed E-state index contributed by atoms with van der Waals surface area (Å²) in [5.41, 5.74) is 0. The van der Waals surface area contributed by atoms with Crippen molar-refractivity contribution in [3.8, 4) is 0 Å². The highest BCUT2D eigenvalue weighted by molar-refractivity contribution is 7.99. The second-order valence-electron chi connectivity index (χ2n) is 4.04. The number of thioether (sulfide) groups is 1. The number of rotatable bonds is 6. The number of primary sulfonamides is 1. The fourth-order valence-electron chi connectivity index (χ4n) is 1.37. The van der Waals surface area contributed by atoms with Crippen molar-refractivity contribution in [3.05, 3.63) is 24.0 Å². The van der Waals surface area contributed by atoms with Gasteiger partial charge >= 0.3 is 5.97 Å². The Labute approximate surface area is 124 Å². The number of hydrogen-bond acceptors (Lipinski definition) is 5. The molecule has 0 saturated carbocycles. The van der Waals surface area contributed by atoms with E-state index >= 15 is 0 Å². The van der Waals surface area contributed by atoms with E-state index in [-0.39, 0.29) is 15.5 Å². The lowest BCUT2D eigenvalue weighted by atomic mass is 10.3. The molecule has 0 aromatic heterocycles. The summed E-state index contributed by atoms with van der Waals surface area (Å²) in [5.74, 6) is -2.72. The average Bonchev–Trinajstić information content (AvgIpc) is 2.33. The molecule has 0 spiro atoms. The third kappa shape index (κ3) is 5.33. The minimum Gasteiger partial charge on any atom is -0.480 e. The molecule has 21 heavy (non-hydrogen) atoms. The first-order valence-corrected chi connectivity index (χ1v) is 8.09. The highest BCUT2D eigenvalue weighted by Crippen LogP contribution is 2.24.